The smallest absolute Gasteiger partial charge is 0.261 e. The minimum atomic E-state index is -0.527. The maximum Gasteiger partial charge on any atom is 0.261 e. The van der Waals surface area contributed by atoms with Crippen LogP contribution in [0.5, 0.6) is 0 Å². The lowest BCUT2D eigenvalue weighted by Gasteiger charge is -2.23. The van der Waals surface area contributed by atoms with Crippen molar-refractivity contribution < 1.29 is 13.9 Å². The van der Waals surface area contributed by atoms with Gasteiger partial charge in [-0.3, -0.25) is 9.59 Å². The Hall–Kier alpha value is -5.61. The molecule has 0 aliphatic carbocycles. The first-order valence-corrected chi connectivity index (χ1v) is 15.1. The van der Waals surface area contributed by atoms with Crippen LogP contribution in [0.3, 0.4) is 0 Å². The Morgan fingerprint density at radius 2 is 1.59 bits per heavy atom. The van der Waals surface area contributed by atoms with Gasteiger partial charge in [-0.2, -0.15) is 0 Å². The number of rotatable bonds is 7. The second kappa shape index (κ2) is 12.4. The van der Waals surface area contributed by atoms with E-state index >= 15 is 0 Å². The van der Waals surface area contributed by atoms with Crippen molar-refractivity contribution in [2.45, 2.75) is 19.4 Å². The Labute approximate surface area is 264 Å². The molecular formula is C36H31FN6O3. The average Bonchev–Trinajstić information content (AvgIpc) is 3.48. The fourth-order valence-corrected chi connectivity index (χ4v) is 5.98. The van der Waals surface area contributed by atoms with Crippen molar-refractivity contribution in [3.63, 3.8) is 0 Å². The highest BCUT2D eigenvalue weighted by atomic mass is 19.1. The molecule has 1 aliphatic rings. The largest absolute Gasteiger partial charge is 0.383 e. The Morgan fingerprint density at radius 1 is 0.891 bits per heavy atom. The van der Waals surface area contributed by atoms with Gasteiger partial charge in [0.25, 0.3) is 5.91 Å². The van der Waals surface area contributed by atoms with Crippen LogP contribution in [-0.2, 0) is 11.3 Å². The molecule has 3 aromatic carbocycles. The molecule has 46 heavy (non-hydrogen) atoms. The molecule has 1 aliphatic heterocycles. The number of hydrogen-bond acceptors (Lipinski definition) is 6. The number of halogens is 1. The van der Waals surface area contributed by atoms with Gasteiger partial charge in [-0.05, 0) is 66.3 Å². The number of para-hydroxylation sites is 1. The molecule has 0 atom stereocenters. The van der Waals surface area contributed by atoms with Crippen molar-refractivity contribution in [2.75, 3.05) is 24.3 Å². The monoisotopic (exact) mass is 614 g/mol. The highest BCUT2D eigenvalue weighted by molar-refractivity contribution is 6.05. The van der Waals surface area contributed by atoms with Crippen molar-refractivity contribution >= 4 is 28.4 Å². The molecular weight excluding hydrogens is 583 g/mol. The van der Waals surface area contributed by atoms with Crippen LogP contribution in [0.1, 0.15) is 23.2 Å². The molecule has 3 aromatic heterocycles. The summed E-state index contributed by atoms with van der Waals surface area (Å²) in [5, 5.41) is 3.62. The zero-order valence-corrected chi connectivity index (χ0v) is 24.9. The summed E-state index contributed by atoms with van der Waals surface area (Å²) in [6.07, 6.45) is 8.57. The van der Waals surface area contributed by atoms with E-state index in [1.807, 2.05) is 57.8 Å². The zero-order chi connectivity index (χ0) is 31.6. The van der Waals surface area contributed by atoms with Gasteiger partial charge in [-0.15, -0.1) is 0 Å². The molecule has 0 radical (unpaired) electrons. The van der Waals surface area contributed by atoms with E-state index in [1.54, 1.807) is 36.7 Å². The van der Waals surface area contributed by atoms with Crippen LogP contribution in [-0.4, -0.2) is 38.2 Å². The van der Waals surface area contributed by atoms with Crippen molar-refractivity contribution in [3.05, 3.63) is 125 Å². The number of nitrogen functional groups attached to an aromatic ring is 1. The van der Waals surface area contributed by atoms with Crippen LogP contribution in [0, 0.1) is 11.7 Å². The molecule has 9 nitrogen and oxygen atoms in total. The highest BCUT2D eigenvalue weighted by Crippen LogP contribution is 2.34. The summed E-state index contributed by atoms with van der Waals surface area (Å²) >= 11 is 0. The van der Waals surface area contributed by atoms with Gasteiger partial charge >= 0.3 is 0 Å². The van der Waals surface area contributed by atoms with Crippen molar-refractivity contribution in [1.82, 2.24) is 19.1 Å². The van der Waals surface area contributed by atoms with Gasteiger partial charge in [0, 0.05) is 60.9 Å². The van der Waals surface area contributed by atoms with Crippen LogP contribution in [0.2, 0.25) is 0 Å². The van der Waals surface area contributed by atoms with Gasteiger partial charge < -0.3 is 24.9 Å². The molecule has 230 valence electrons. The number of anilines is 2. The number of nitrogens with zero attached hydrogens (tertiary/aromatic N) is 4. The predicted octanol–water partition coefficient (Wildman–Crippen LogP) is 6.32. The lowest BCUT2D eigenvalue weighted by molar-refractivity contribution is 0.0612. The van der Waals surface area contributed by atoms with Gasteiger partial charge in [-0.1, -0.05) is 42.5 Å². The summed E-state index contributed by atoms with van der Waals surface area (Å²) in [5.74, 6) is -0.206. The standard InChI is InChI=1S/C36H31FN6O3/c37-26-10-6-25(7-11-26)30-19-42(18-23-14-16-46-17-15-23)20-31(33(30)44)36(45)41-27-12-8-24(9-13-27)29-21-43(28-4-2-1-3-5-28)35-32(29)34(38)39-22-40-35/h1-13,19-23H,14-18H2,(H,41,45)(H2,38,39,40). The van der Waals surface area contributed by atoms with Crippen molar-refractivity contribution in [2.24, 2.45) is 5.92 Å². The van der Waals surface area contributed by atoms with Gasteiger partial charge in [-0.25, -0.2) is 14.4 Å². The number of fused-ring (bicyclic) bond motifs is 1. The van der Waals surface area contributed by atoms with E-state index in [9.17, 15) is 14.0 Å². The third kappa shape index (κ3) is 5.78. The van der Waals surface area contributed by atoms with Gasteiger partial charge in [0.05, 0.1) is 5.39 Å². The van der Waals surface area contributed by atoms with Crippen LogP contribution >= 0.6 is 0 Å². The molecule has 0 saturated carbocycles. The Balaban J connectivity index is 1.20. The van der Waals surface area contributed by atoms with Crippen LogP contribution in [0.15, 0.2) is 109 Å². The average molecular weight is 615 g/mol. The molecule has 6 aromatic rings. The first-order chi connectivity index (χ1) is 22.4. The maximum absolute atomic E-state index is 13.7. The SMILES string of the molecule is Nc1ncnc2c1c(-c1ccc(NC(=O)c3cn(CC4CCOCC4)cc(-c4ccc(F)cc4)c3=O)cc1)cn2-c1ccccc1. The Kier molecular flexibility index (Phi) is 7.86. The van der Waals surface area contributed by atoms with E-state index in [0.717, 1.165) is 35.0 Å². The van der Waals surface area contributed by atoms with Crippen molar-refractivity contribution in [1.29, 1.82) is 0 Å². The number of aromatic nitrogens is 4. The zero-order valence-electron chi connectivity index (χ0n) is 24.9. The first-order valence-electron chi connectivity index (χ1n) is 15.1. The molecule has 1 fully saturated rings. The fourth-order valence-electron chi connectivity index (χ4n) is 5.98. The number of benzene rings is 3. The van der Waals surface area contributed by atoms with Crippen molar-refractivity contribution in [3.8, 4) is 27.9 Å². The third-order valence-electron chi connectivity index (χ3n) is 8.39. The number of pyridine rings is 1. The van der Waals surface area contributed by atoms with E-state index in [0.29, 0.717) is 54.0 Å². The van der Waals surface area contributed by atoms with Crippen LogP contribution in [0.25, 0.3) is 39.0 Å². The maximum atomic E-state index is 13.7. The predicted molar refractivity (Wildman–Crippen MR) is 176 cm³/mol. The van der Waals surface area contributed by atoms with E-state index in [1.165, 1.54) is 18.5 Å². The second-order valence-electron chi connectivity index (χ2n) is 11.4. The van der Waals surface area contributed by atoms with E-state index in [-0.39, 0.29) is 5.56 Å². The summed E-state index contributed by atoms with van der Waals surface area (Å²) in [6, 6.07) is 22.9. The summed E-state index contributed by atoms with van der Waals surface area (Å²) in [4.78, 5) is 36.0. The topological polar surface area (TPSA) is 117 Å². The summed E-state index contributed by atoms with van der Waals surface area (Å²) in [5.41, 5.74) is 10.6. The fraction of sp³-hybridized carbons (Fsp3) is 0.167. The lowest BCUT2D eigenvalue weighted by Crippen LogP contribution is -2.26. The minimum Gasteiger partial charge on any atom is -0.383 e. The number of nitrogens with two attached hydrogens (primary N) is 1. The quantitative estimate of drug-likeness (QED) is 0.218. The second-order valence-corrected chi connectivity index (χ2v) is 11.4. The lowest BCUT2D eigenvalue weighted by atomic mass is 9.99. The molecule has 1 amide bonds. The first kappa shape index (κ1) is 29.1. The summed E-state index contributed by atoms with van der Waals surface area (Å²) in [6.45, 7) is 2.01. The van der Waals surface area contributed by atoms with Gasteiger partial charge in [0.15, 0.2) is 5.65 Å². The van der Waals surface area contributed by atoms with E-state index in [2.05, 4.69) is 15.3 Å². The van der Waals surface area contributed by atoms with Crippen LogP contribution < -0.4 is 16.5 Å². The highest BCUT2D eigenvalue weighted by Gasteiger charge is 2.20. The molecule has 0 bridgehead atoms. The summed E-state index contributed by atoms with van der Waals surface area (Å²) < 4.78 is 23.0. The molecule has 10 heteroatoms. The molecule has 0 unspecified atom stereocenters. The van der Waals surface area contributed by atoms with Crippen LogP contribution in [0.4, 0.5) is 15.9 Å². The molecule has 3 N–H and O–H groups in total. The Morgan fingerprint density at radius 3 is 2.33 bits per heavy atom. The number of amides is 1. The number of nitrogens with one attached hydrogen (secondary N) is 1. The number of carbonyl (C=O) groups excluding carboxylic acids is 1. The molecule has 1 saturated heterocycles. The minimum absolute atomic E-state index is 0.00816. The number of hydrogen-bond donors (Lipinski definition) is 2. The Bertz CT molecular complexity index is 2080. The van der Waals surface area contributed by atoms with E-state index in [4.69, 9.17) is 10.5 Å². The van der Waals surface area contributed by atoms with Gasteiger partial charge in [0.1, 0.15) is 23.5 Å². The molecule has 0 spiro atoms. The number of carbonyl (C=O) groups is 1. The number of ether oxygens (including phenoxy) is 1. The summed E-state index contributed by atoms with van der Waals surface area (Å²) in [7, 11) is 0. The molecule has 7 rings (SSSR count). The molecule has 4 heterocycles. The normalized spacial score (nSPS) is 13.6. The van der Waals surface area contributed by atoms with Gasteiger partial charge in [0.2, 0.25) is 5.43 Å². The third-order valence-corrected chi connectivity index (χ3v) is 8.39. The van der Waals surface area contributed by atoms with E-state index < -0.39 is 17.2 Å².